The third-order valence-electron chi connectivity index (χ3n) is 2.35. The van der Waals surface area contributed by atoms with E-state index < -0.39 is 0 Å². The number of nitrogens with one attached hydrogen (secondary N) is 2. The van der Waals surface area contributed by atoms with Crippen LogP contribution in [0.4, 0.5) is 0 Å². The lowest BCUT2D eigenvalue weighted by molar-refractivity contribution is -0.120. The van der Waals surface area contributed by atoms with E-state index in [1.807, 2.05) is 6.20 Å². The Balaban J connectivity index is 1.54. The molecule has 1 aliphatic rings. The normalized spacial score (nSPS) is 15.2. The van der Waals surface area contributed by atoms with E-state index in [-0.39, 0.29) is 5.91 Å². The highest BCUT2D eigenvalue weighted by Gasteiger charge is 2.21. The summed E-state index contributed by atoms with van der Waals surface area (Å²) in [6.07, 6.45) is 4.36. The summed E-state index contributed by atoms with van der Waals surface area (Å²) >= 11 is 1.60. The van der Waals surface area contributed by atoms with Gasteiger partial charge in [-0.1, -0.05) is 0 Å². The fraction of sp³-hybridized carbons (Fsp3) is 0.600. The van der Waals surface area contributed by atoms with Crippen molar-refractivity contribution in [2.24, 2.45) is 5.92 Å². The first kappa shape index (κ1) is 10.6. The molecule has 0 atom stereocenters. The molecule has 1 fully saturated rings. The Morgan fingerprint density at radius 3 is 3.13 bits per heavy atom. The smallest absolute Gasteiger partial charge is 0.233 e. The van der Waals surface area contributed by atoms with E-state index in [2.05, 4.69) is 15.6 Å². The monoisotopic (exact) mass is 225 g/mol. The van der Waals surface area contributed by atoms with Crippen molar-refractivity contribution in [1.82, 2.24) is 15.6 Å². The minimum atomic E-state index is 0.0893. The Hall–Kier alpha value is -0.940. The van der Waals surface area contributed by atoms with Crippen molar-refractivity contribution >= 4 is 17.2 Å². The minimum Gasteiger partial charge on any atom is -0.355 e. The molecule has 5 heteroatoms. The van der Waals surface area contributed by atoms with E-state index in [9.17, 15) is 4.79 Å². The lowest BCUT2D eigenvalue weighted by Gasteiger charge is -2.04. The molecule has 1 aromatic heterocycles. The molecule has 1 saturated carbocycles. The van der Waals surface area contributed by atoms with E-state index in [0.29, 0.717) is 6.54 Å². The van der Waals surface area contributed by atoms with E-state index in [0.717, 1.165) is 23.9 Å². The van der Waals surface area contributed by atoms with Crippen LogP contribution in [0.3, 0.4) is 0 Å². The van der Waals surface area contributed by atoms with Crippen LogP contribution in [-0.4, -0.2) is 24.0 Å². The van der Waals surface area contributed by atoms with Gasteiger partial charge >= 0.3 is 0 Å². The second-order valence-corrected chi connectivity index (χ2v) is 4.79. The number of aromatic nitrogens is 1. The maximum atomic E-state index is 11.3. The summed E-state index contributed by atoms with van der Waals surface area (Å²) in [4.78, 5) is 16.4. The molecule has 1 amide bonds. The van der Waals surface area contributed by atoms with Crippen LogP contribution in [0.25, 0.3) is 0 Å². The Morgan fingerprint density at radius 2 is 2.47 bits per heavy atom. The van der Waals surface area contributed by atoms with Crippen LogP contribution in [0.5, 0.6) is 0 Å². The lowest BCUT2D eigenvalue weighted by atomic mass is 10.4. The number of rotatable bonds is 6. The van der Waals surface area contributed by atoms with E-state index in [4.69, 9.17) is 0 Å². The molecule has 0 aromatic carbocycles. The quantitative estimate of drug-likeness (QED) is 0.751. The molecule has 4 nitrogen and oxygen atoms in total. The number of hydrogen-bond acceptors (Lipinski definition) is 4. The van der Waals surface area contributed by atoms with Gasteiger partial charge in [0, 0.05) is 24.2 Å². The maximum Gasteiger partial charge on any atom is 0.233 e. The third kappa shape index (κ3) is 3.97. The van der Waals surface area contributed by atoms with E-state index in [1.54, 1.807) is 16.8 Å². The Labute approximate surface area is 93.1 Å². The van der Waals surface area contributed by atoms with Crippen molar-refractivity contribution in [3.8, 4) is 0 Å². The van der Waals surface area contributed by atoms with Gasteiger partial charge in [0.15, 0.2) is 0 Å². The van der Waals surface area contributed by atoms with Crippen LogP contribution < -0.4 is 10.6 Å². The first-order valence-corrected chi connectivity index (χ1v) is 6.07. The standard InChI is InChI=1S/C10H15N3OS/c14-10(13-3-8-1-2-8)6-11-4-9-5-12-7-15-9/h5,7-8,11H,1-4,6H2,(H,13,14). The van der Waals surface area contributed by atoms with Crippen molar-refractivity contribution in [2.45, 2.75) is 19.4 Å². The Bertz CT molecular complexity index is 308. The van der Waals surface area contributed by atoms with Crippen molar-refractivity contribution in [2.75, 3.05) is 13.1 Å². The molecule has 82 valence electrons. The van der Waals surface area contributed by atoms with Crippen LogP contribution >= 0.6 is 11.3 Å². The summed E-state index contributed by atoms with van der Waals surface area (Å²) in [5.41, 5.74) is 1.80. The van der Waals surface area contributed by atoms with Crippen LogP contribution in [0.1, 0.15) is 17.7 Å². The van der Waals surface area contributed by atoms with Gasteiger partial charge in [-0.15, -0.1) is 11.3 Å². The minimum absolute atomic E-state index is 0.0893. The average molecular weight is 225 g/mol. The SMILES string of the molecule is O=C(CNCc1cncs1)NCC1CC1. The highest BCUT2D eigenvalue weighted by atomic mass is 32.1. The number of hydrogen-bond donors (Lipinski definition) is 2. The summed E-state index contributed by atoms with van der Waals surface area (Å²) in [5.74, 6) is 0.835. The first-order valence-electron chi connectivity index (χ1n) is 5.19. The van der Waals surface area contributed by atoms with Gasteiger partial charge in [0.05, 0.1) is 12.1 Å². The van der Waals surface area contributed by atoms with Crippen LogP contribution in [0.15, 0.2) is 11.7 Å². The number of amides is 1. The van der Waals surface area contributed by atoms with Gasteiger partial charge in [-0.2, -0.15) is 0 Å². The molecule has 1 aliphatic carbocycles. The molecule has 2 rings (SSSR count). The molecule has 0 radical (unpaired) electrons. The van der Waals surface area contributed by atoms with E-state index >= 15 is 0 Å². The summed E-state index contributed by atoms with van der Waals surface area (Å²) in [7, 11) is 0. The zero-order valence-electron chi connectivity index (χ0n) is 8.53. The van der Waals surface area contributed by atoms with Crippen LogP contribution in [0, 0.1) is 5.92 Å². The predicted molar refractivity (Wildman–Crippen MR) is 59.6 cm³/mol. The molecule has 0 aliphatic heterocycles. The van der Waals surface area contributed by atoms with Crippen molar-refractivity contribution in [3.05, 3.63) is 16.6 Å². The number of carbonyl (C=O) groups is 1. The molecule has 2 N–H and O–H groups in total. The van der Waals surface area contributed by atoms with Crippen LogP contribution in [-0.2, 0) is 11.3 Å². The molecule has 1 aromatic rings. The van der Waals surface area contributed by atoms with Gasteiger partial charge in [0.2, 0.25) is 5.91 Å². The van der Waals surface area contributed by atoms with Gasteiger partial charge in [-0.25, -0.2) is 0 Å². The predicted octanol–water partition coefficient (Wildman–Crippen LogP) is 0.759. The number of thiazole rings is 1. The summed E-state index contributed by atoms with van der Waals surface area (Å²) < 4.78 is 0. The highest BCUT2D eigenvalue weighted by molar-refractivity contribution is 7.09. The summed E-state index contributed by atoms with van der Waals surface area (Å²) in [6.45, 7) is 1.97. The molecule has 15 heavy (non-hydrogen) atoms. The topological polar surface area (TPSA) is 54.0 Å². The number of carbonyl (C=O) groups excluding carboxylic acids is 1. The van der Waals surface area contributed by atoms with Crippen LogP contribution in [0.2, 0.25) is 0 Å². The van der Waals surface area contributed by atoms with E-state index in [1.165, 1.54) is 12.8 Å². The molecule has 0 unspecified atom stereocenters. The first-order chi connectivity index (χ1) is 7.34. The summed E-state index contributed by atoms with van der Waals surface area (Å²) in [5, 5.41) is 6.00. The highest BCUT2D eigenvalue weighted by Crippen LogP contribution is 2.27. The second-order valence-electron chi connectivity index (χ2n) is 3.82. The van der Waals surface area contributed by atoms with Gasteiger partial charge in [0.25, 0.3) is 0 Å². The summed E-state index contributed by atoms with van der Waals surface area (Å²) in [6, 6.07) is 0. The van der Waals surface area contributed by atoms with Gasteiger partial charge < -0.3 is 10.6 Å². The molecule has 0 saturated heterocycles. The number of nitrogens with zero attached hydrogens (tertiary/aromatic N) is 1. The third-order valence-corrected chi connectivity index (χ3v) is 3.13. The maximum absolute atomic E-state index is 11.3. The largest absolute Gasteiger partial charge is 0.355 e. The molecule has 0 spiro atoms. The van der Waals surface area contributed by atoms with Crippen molar-refractivity contribution in [1.29, 1.82) is 0 Å². The van der Waals surface area contributed by atoms with Crippen molar-refractivity contribution in [3.63, 3.8) is 0 Å². The fourth-order valence-corrected chi connectivity index (χ4v) is 1.84. The fourth-order valence-electron chi connectivity index (χ4n) is 1.27. The zero-order chi connectivity index (χ0) is 10.5. The van der Waals surface area contributed by atoms with Crippen molar-refractivity contribution < 1.29 is 4.79 Å². The average Bonchev–Trinajstić information content (AvgIpc) is 2.92. The molecular weight excluding hydrogens is 210 g/mol. The lowest BCUT2D eigenvalue weighted by Crippen LogP contribution is -2.34. The second kappa shape index (κ2) is 5.23. The Kier molecular flexibility index (Phi) is 3.69. The molecular formula is C10H15N3OS. The van der Waals surface area contributed by atoms with Gasteiger partial charge in [-0.3, -0.25) is 9.78 Å². The molecule has 1 heterocycles. The molecule has 0 bridgehead atoms. The van der Waals surface area contributed by atoms with Gasteiger partial charge in [0.1, 0.15) is 0 Å². The zero-order valence-corrected chi connectivity index (χ0v) is 9.35. The van der Waals surface area contributed by atoms with Gasteiger partial charge in [-0.05, 0) is 18.8 Å². The Morgan fingerprint density at radius 1 is 1.60 bits per heavy atom.